The van der Waals surface area contributed by atoms with Crippen molar-refractivity contribution in [3.8, 4) is 0 Å². The van der Waals surface area contributed by atoms with Crippen LogP contribution in [0.5, 0.6) is 0 Å². The molecule has 1 aliphatic carbocycles. The quantitative estimate of drug-likeness (QED) is 0.874. The van der Waals surface area contributed by atoms with Crippen molar-refractivity contribution < 1.29 is 9.90 Å². The van der Waals surface area contributed by atoms with E-state index in [0.29, 0.717) is 6.42 Å². The molecular formula is C16H21NO2. The second kappa shape index (κ2) is 5.17. The van der Waals surface area contributed by atoms with Crippen molar-refractivity contribution in [1.82, 2.24) is 5.32 Å². The van der Waals surface area contributed by atoms with Gasteiger partial charge in [-0.05, 0) is 50.3 Å². The monoisotopic (exact) mass is 259 g/mol. The third-order valence-electron chi connectivity index (χ3n) is 3.26. The van der Waals surface area contributed by atoms with Crippen molar-refractivity contribution >= 4 is 11.5 Å². The Hall–Kier alpha value is -1.61. The Kier molecular flexibility index (Phi) is 3.76. The maximum Gasteiger partial charge on any atom is 0.321 e. The fourth-order valence-corrected chi connectivity index (χ4v) is 2.49. The van der Waals surface area contributed by atoms with Crippen molar-refractivity contribution in [3.05, 3.63) is 41.5 Å². The molecule has 1 aromatic carbocycles. The fourth-order valence-electron chi connectivity index (χ4n) is 2.49. The van der Waals surface area contributed by atoms with E-state index in [1.165, 1.54) is 11.1 Å². The minimum absolute atomic E-state index is 0.207. The molecule has 0 aromatic heterocycles. The first-order chi connectivity index (χ1) is 8.87. The van der Waals surface area contributed by atoms with E-state index in [0.717, 1.165) is 12.0 Å². The fraction of sp³-hybridized carbons (Fsp3) is 0.438. The van der Waals surface area contributed by atoms with Gasteiger partial charge in [-0.2, -0.15) is 0 Å². The molecule has 0 heterocycles. The average Bonchev–Trinajstić information content (AvgIpc) is 2.70. The van der Waals surface area contributed by atoms with Crippen LogP contribution in [0.4, 0.5) is 0 Å². The summed E-state index contributed by atoms with van der Waals surface area (Å²) in [6.45, 7) is 5.96. The largest absolute Gasteiger partial charge is 0.480 e. The highest BCUT2D eigenvalue weighted by atomic mass is 16.4. The molecule has 1 aromatic rings. The smallest absolute Gasteiger partial charge is 0.321 e. The van der Waals surface area contributed by atoms with Crippen molar-refractivity contribution in [2.75, 3.05) is 0 Å². The van der Waals surface area contributed by atoms with E-state index in [1.54, 1.807) is 0 Å². The van der Waals surface area contributed by atoms with Gasteiger partial charge in [0, 0.05) is 5.54 Å². The molecule has 0 fully saturated rings. The average molecular weight is 259 g/mol. The molecular weight excluding hydrogens is 238 g/mol. The first-order valence-corrected chi connectivity index (χ1v) is 6.64. The van der Waals surface area contributed by atoms with E-state index in [2.05, 4.69) is 23.5 Å². The van der Waals surface area contributed by atoms with Crippen LogP contribution in [-0.4, -0.2) is 22.7 Å². The SMILES string of the molecule is CC(C)(C)NC(CC1=CCc2ccccc21)C(=O)O. The van der Waals surface area contributed by atoms with Crippen LogP contribution in [-0.2, 0) is 11.2 Å². The number of carbonyl (C=O) groups is 1. The Bertz CT molecular complexity index is 512. The first-order valence-electron chi connectivity index (χ1n) is 6.64. The summed E-state index contributed by atoms with van der Waals surface area (Å²) < 4.78 is 0. The summed E-state index contributed by atoms with van der Waals surface area (Å²) in [5.74, 6) is -0.791. The zero-order valence-corrected chi connectivity index (χ0v) is 11.7. The Morgan fingerprint density at radius 1 is 1.37 bits per heavy atom. The molecule has 1 atom stereocenters. The third-order valence-corrected chi connectivity index (χ3v) is 3.26. The molecule has 1 unspecified atom stereocenters. The van der Waals surface area contributed by atoms with Gasteiger partial charge in [-0.25, -0.2) is 0 Å². The zero-order valence-electron chi connectivity index (χ0n) is 11.7. The van der Waals surface area contributed by atoms with Gasteiger partial charge in [-0.1, -0.05) is 30.3 Å². The lowest BCUT2D eigenvalue weighted by molar-refractivity contribution is -0.139. The van der Waals surface area contributed by atoms with E-state index < -0.39 is 12.0 Å². The van der Waals surface area contributed by atoms with E-state index in [1.807, 2.05) is 32.9 Å². The van der Waals surface area contributed by atoms with Crippen molar-refractivity contribution in [1.29, 1.82) is 0 Å². The number of rotatable bonds is 4. The summed E-state index contributed by atoms with van der Waals surface area (Å²) in [4.78, 5) is 11.4. The topological polar surface area (TPSA) is 49.3 Å². The predicted octanol–water partition coefficient (Wildman–Crippen LogP) is 2.86. The number of hydrogen-bond donors (Lipinski definition) is 2. The van der Waals surface area contributed by atoms with Gasteiger partial charge in [-0.3, -0.25) is 10.1 Å². The molecule has 0 aliphatic heterocycles. The van der Waals surface area contributed by atoms with Crippen LogP contribution in [0.25, 0.3) is 5.57 Å². The molecule has 2 N–H and O–H groups in total. The highest BCUT2D eigenvalue weighted by Crippen LogP contribution is 2.30. The lowest BCUT2D eigenvalue weighted by Crippen LogP contribution is -2.47. The Labute approximate surface area is 114 Å². The highest BCUT2D eigenvalue weighted by molar-refractivity contribution is 5.80. The lowest BCUT2D eigenvalue weighted by Gasteiger charge is -2.26. The van der Waals surface area contributed by atoms with Gasteiger partial charge < -0.3 is 5.11 Å². The Balaban J connectivity index is 2.14. The molecule has 3 heteroatoms. The summed E-state index contributed by atoms with van der Waals surface area (Å²) in [5.41, 5.74) is 3.42. The van der Waals surface area contributed by atoms with Crippen LogP contribution in [0.15, 0.2) is 30.3 Å². The Morgan fingerprint density at radius 3 is 2.68 bits per heavy atom. The van der Waals surface area contributed by atoms with Crippen molar-refractivity contribution in [2.45, 2.75) is 45.2 Å². The molecule has 0 bridgehead atoms. The van der Waals surface area contributed by atoms with Crippen LogP contribution in [0, 0.1) is 0 Å². The number of allylic oxidation sites excluding steroid dienone is 1. The summed E-state index contributed by atoms with van der Waals surface area (Å²) in [7, 11) is 0. The minimum atomic E-state index is -0.791. The summed E-state index contributed by atoms with van der Waals surface area (Å²) in [5, 5.41) is 12.5. The van der Waals surface area contributed by atoms with Crippen LogP contribution in [0.3, 0.4) is 0 Å². The molecule has 2 rings (SSSR count). The molecule has 19 heavy (non-hydrogen) atoms. The highest BCUT2D eigenvalue weighted by Gasteiger charge is 2.26. The standard InChI is InChI=1S/C16H21NO2/c1-16(2,3)17-14(15(18)19)10-12-9-8-11-6-4-5-7-13(11)12/h4-7,9,14,17H,8,10H2,1-3H3,(H,18,19). The predicted molar refractivity (Wildman–Crippen MR) is 77.1 cm³/mol. The van der Waals surface area contributed by atoms with E-state index in [9.17, 15) is 9.90 Å². The maximum absolute atomic E-state index is 11.4. The maximum atomic E-state index is 11.4. The second-order valence-electron chi connectivity index (χ2n) is 6.08. The minimum Gasteiger partial charge on any atom is -0.480 e. The van der Waals surface area contributed by atoms with Gasteiger partial charge in [0.2, 0.25) is 0 Å². The number of fused-ring (bicyclic) bond motifs is 1. The van der Waals surface area contributed by atoms with Gasteiger partial charge in [0.1, 0.15) is 6.04 Å². The van der Waals surface area contributed by atoms with Crippen LogP contribution in [0.1, 0.15) is 38.3 Å². The zero-order chi connectivity index (χ0) is 14.0. The summed E-state index contributed by atoms with van der Waals surface area (Å²) in [6, 6.07) is 7.66. The molecule has 0 radical (unpaired) electrons. The summed E-state index contributed by atoms with van der Waals surface area (Å²) in [6.07, 6.45) is 3.59. The number of nitrogens with one attached hydrogen (secondary N) is 1. The molecule has 0 amide bonds. The number of carboxylic acids is 1. The molecule has 1 aliphatic rings. The van der Waals surface area contributed by atoms with Gasteiger partial charge in [0.05, 0.1) is 0 Å². The molecule has 102 valence electrons. The van der Waals surface area contributed by atoms with Crippen molar-refractivity contribution in [3.63, 3.8) is 0 Å². The molecule has 0 saturated carbocycles. The lowest BCUT2D eigenvalue weighted by atomic mass is 9.97. The number of aliphatic carboxylic acids is 1. The van der Waals surface area contributed by atoms with E-state index >= 15 is 0 Å². The molecule has 0 spiro atoms. The van der Waals surface area contributed by atoms with Gasteiger partial charge in [-0.15, -0.1) is 0 Å². The van der Waals surface area contributed by atoms with Crippen molar-refractivity contribution in [2.24, 2.45) is 0 Å². The Morgan fingerprint density at radius 2 is 2.05 bits per heavy atom. The second-order valence-corrected chi connectivity index (χ2v) is 6.08. The first kappa shape index (κ1) is 13.8. The number of carboxylic acid groups (broad SMARTS) is 1. The van der Waals surface area contributed by atoms with Gasteiger partial charge in [0.15, 0.2) is 0 Å². The summed E-state index contributed by atoms with van der Waals surface area (Å²) >= 11 is 0. The third kappa shape index (κ3) is 3.44. The van der Waals surface area contributed by atoms with E-state index in [-0.39, 0.29) is 5.54 Å². The van der Waals surface area contributed by atoms with Gasteiger partial charge >= 0.3 is 5.97 Å². The van der Waals surface area contributed by atoms with Crippen LogP contribution < -0.4 is 5.32 Å². The normalized spacial score (nSPS) is 15.8. The van der Waals surface area contributed by atoms with Crippen LogP contribution >= 0.6 is 0 Å². The van der Waals surface area contributed by atoms with E-state index in [4.69, 9.17) is 0 Å². The van der Waals surface area contributed by atoms with Gasteiger partial charge in [0.25, 0.3) is 0 Å². The molecule has 3 nitrogen and oxygen atoms in total. The number of hydrogen-bond acceptors (Lipinski definition) is 2. The molecule has 0 saturated heterocycles. The van der Waals surface area contributed by atoms with Crippen LogP contribution in [0.2, 0.25) is 0 Å². The number of benzene rings is 1.